The van der Waals surface area contributed by atoms with Gasteiger partial charge in [-0.1, -0.05) is 51.1 Å². The molecule has 1 spiro atoms. The van der Waals surface area contributed by atoms with E-state index in [0.29, 0.717) is 12.1 Å². The van der Waals surface area contributed by atoms with E-state index in [1.807, 2.05) is 0 Å². The van der Waals surface area contributed by atoms with Gasteiger partial charge < -0.3 is 9.53 Å². The number of nitrogens with zero attached hydrogens (tertiary/aromatic N) is 1. The van der Waals surface area contributed by atoms with Crippen LogP contribution in [0.4, 0.5) is 0 Å². The molecule has 0 amide bonds. The zero-order valence-corrected chi connectivity index (χ0v) is 23.1. The van der Waals surface area contributed by atoms with Gasteiger partial charge in [0.05, 0.1) is 15.8 Å². The van der Waals surface area contributed by atoms with Crippen molar-refractivity contribution in [3.63, 3.8) is 0 Å². The fraction of sp³-hybridized carbons (Fsp3) is 0.769. The Bertz CT molecular complexity index is 823. The molecule has 4 unspecified atom stereocenters. The van der Waals surface area contributed by atoms with Gasteiger partial charge in [-0.15, -0.1) is 23.5 Å². The van der Waals surface area contributed by atoms with Crippen LogP contribution in [-0.4, -0.2) is 57.7 Å². The molecule has 178 valence electrons. The third-order valence-corrected chi connectivity index (χ3v) is 17.3. The molecule has 0 radical (unpaired) electrons. The molecule has 4 aliphatic rings. The highest BCUT2D eigenvalue weighted by Gasteiger charge is 2.71. The van der Waals surface area contributed by atoms with Crippen molar-refractivity contribution in [3.8, 4) is 0 Å². The fourth-order valence-electron chi connectivity index (χ4n) is 6.57. The first-order chi connectivity index (χ1) is 15.1. The molecule has 5 atom stereocenters. The van der Waals surface area contributed by atoms with Crippen molar-refractivity contribution in [3.05, 3.63) is 35.9 Å². The lowest BCUT2D eigenvalue weighted by molar-refractivity contribution is -0.110. The number of thioether (sulfide) groups is 2. The van der Waals surface area contributed by atoms with Crippen LogP contribution in [0.15, 0.2) is 30.3 Å². The molecule has 2 bridgehead atoms. The molecule has 3 nitrogen and oxygen atoms in total. The second-order valence-corrected chi connectivity index (χ2v) is 19.8. The number of piperidine rings is 1. The van der Waals surface area contributed by atoms with Crippen molar-refractivity contribution < 1.29 is 9.53 Å². The number of benzene rings is 1. The van der Waals surface area contributed by atoms with E-state index in [-0.39, 0.29) is 21.1 Å². The van der Waals surface area contributed by atoms with E-state index >= 15 is 0 Å². The lowest BCUT2D eigenvalue weighted by atomic mass is 9.77. The Morgan fingerprint density at radius 3 is 2.44 bits per heavy atom. The van der Waals surface area contributed by atoms with Crippen LogP contribution in [-0.2, 0) is 11.0 Å². The molecule has 1 saturated carbocycles. The standard InChI is InChI=1S/C26H41NO2S2Si/c1-24(2,3)32(4,5)29-22-17-26(30-14-9-15-31-26)25(28)16-20-12-13-21(23(22)25)27(20)18-19-10-7-6-8-11-19/h6-8,10-11,20-23,28H,9,12-18H2,1-5H3/t20?,21?,22-,23?,25?/m1/s1. The normalized spacial score (nSPS) is 37.1. The van der Waals surface area contributed by atoms with E-state index in [1.54, 1.807) is 0 Å². The molecule has 1 N–H and O–H groups in total. The van der Waals surface area contributed by atoms with Crippen LogP contribution >= 0.6 is 23.5 Å². The van der Waals surface area contributed by atoms with Crippen LogP contribution in [0.1, 0.15) is 58.4 Å². The molecule has 3 saturated heterocycles. The minimum atomic E-state index is -1.93. The average Bonchev–Trinajstić information content (AvgIpc) is 3.12. The average molecular weight is 492 g/mol. The molecule has 5 rings (SSSR count). The number of hydrogen-bond acceptors (Lipinski definition) is 5. The first-order valence-corrected chi connectivity index (χ1v) is 17.4. The van der Waals surface area contributed by atoms with E-state index in [9.17, 15) is 5.11 Å². The van der Waals surface area contributed by atoms with Crippen LogP contribution in [0.25, 0.3) is 0 Å². The molecular weight excluding hydrogens is 451 g/mol. The number of hydrogen-bond donors (Lipinski definition) is 1. The van der Waals surface area contributed by atoms with Gasteiger partial charge in [-0.3, -0.25) is 4.90 Å². The number of fused-ring (bicyclic) bond motifs is 5. The predicted octanol–water partition coefficient (Wildman–Crippen LogP) is 6.13. The summed E-state index contributed by atoms with van der Waals surface area (Å²) < 4.78 is 7.12. The van der Waals surface area contributed by atoms with Crippen molar-refractivity contribution in [2.24, 2.45) is 5.92 Å². The van der Waals surface area contributed by atoms with Crippen molar-refractivity contribution in [1.82, 2.24) is 4.90 Å². The summed E-state index contributed by atoms with van der Waals surface area (Å²) in [5, 5.41) is 12.8. The molecule has 1 aromatic carbocycles. The molecule has 4 fully saturated rings. The molecule has 6 heteroatoms. The van der Waals surface area contributed by atoms with E-state index in [2.05, 4.69) is 92.6 Å². The summed E-state index contributed by atoms with van der Waals surface area (Å²) in [6.45, 7) is 12.8. The Morgan fingerprint density at radius 1 is 1.09 bits per heavy atom. The SMILES string of the molecule is CC(C)(C)[Si](C)(C)O[C@@H]1CC2(SCCCS2)C2(O)CC3CCC(C12)N3Cc1ccccc1. The van der Waals surface area contributed by atoms with Crippen molar-refractivity contribution in [2.75, 3.05) is 11.5 Å². The summed E-state index contributed by atoms with van der Waals surface area (Å²) in [6, 6.07) is 11.8. The number of aliphatic hydroxyl groups is 1. The smallest absolute Gasteiger partial charge is 0.192 e. The van der Waals surface area contributed by atoms with Crippen LogP contribution < -0.4 is 0 Å². The predicted molar refractivity (Wildman–Crippen MR) is 141 cm³/mol. The Morgan fingerprint density at radius 2 is 1.78 bits per heavy atom. The van der Waals surface area contributed by atoms with Gasteiger partial charge in [0.1, 0.15) is 0 Å². The maximum Gasteiger partial charge on any atom is 0.192 e. The zero-order valence-electron chi connectivity index (χ0n) is 20.5. The second kappa shape index (κ2) is 8.30. The van der Waals surface area contributed by atoms with Gasteiger partial charge in [0.2, 0.25) is 0 Å². The van der Waals surface area contributed by atoms with E-state index in [4.69, 9.17) is 4.43 Å². The molecular formula is C26H41NO2S2Si. The monoisotopic (exact) mass is 491 g/mol. The summed E-state index contributed by atoms with van der Waals surface area (Å²) in [6.07, 6.45) is 5.78. The van der Waals surface area contributed by atoms with Gasteiger partial charge in [0, 0.05) is 24.5 Å². The van der Waals surface area contributed by atoms with Crippen LogP contribution in [0.3, 0.4) is 0 Å². The van der Waals surface area contributed by atoms with Gasteiger partial charge in [-0.2, -0.15) is 0 Å². The number of rotatable bonds is 4. The van der Waals surface area contributed by atoms with Crippen LogP contribution in [0, 0.1) is 5.92 Å². The van der Waals surface area contributed by atoms with Crippen molar-refractivity contribution in [1.29, 1.82) is 0 Å². The zero-order chi connectivity index (χ0) is 22.8. The molecule has 3 heterocycles. The summed E-state index contributed by atoms with van der Waals surface area (Å²) >= 11 is 4.12. The summed E-state index contributed by atoms with van der Waals surface area (Å²) in [5.41, 5.74) is 0.778. The highest BCUT2D eigenvalue weighted by atomic mass is 32.2. The highest BCUT2D eigenvalue weighted by Crippen LogP contribution is 2.67. The summed E-state index contributed by atoms with van der Waals surface area (Å²) in [5.74, 6) is 2.58. The maximum absolute atomic E-state index is 12.6. The maximum atomic E-state index is 12.6. The fourth-order valence-corrected chi connectivity index (χ4v) is 11.7. The van der Waals surface area contributed by atoms with Gasteiger partial charge in [-0.25, -0.2) is 0 Å². The first kappa shape index (κ1) is 23.7. The van der Waals surface area contributed by atoms with Crippen LogP contribution in [0.5, 0.6) is 0 Å². The van der Waals surface area contributed by atoms with Crippen molar-refractivity contribution >= 4 is 31.8 Å². The van der Waals surface area contributed by atoms with Gasteiger partial charge >= 0.3 is 0 Å². The Hall–Kier alpha value is 0.0169. The lowest BCUT2D eigenvalue weighted by Gasteiger charge is -2.54. The minimum absolute atomic E-state index is 0.0807. The third kappa shape index (κ3) is 3.76. The third-order valence-electron chi connectivity index (χ3n) is 9.15. The molecule has 32 heavy (non-hydrogen) atoms. The Labute approximate surface area is 204 Å². The molecule has 1 aromatic rings. The largest absolute Gasteiger partial charge is 0.413 e. The van der Waals surface area contributed by atoms with E-state index in [0.717, 1.165) is 19.4 Å². The second-order valence-electron chi connectivity index (χ2n) is 12.0. The summed E-state index contributed by atoms with van der Waals surface area (Å²) in [4.78, 5) is 2.74. The van der Waals surface area contributed by atoms with E-state index < -0.39 is 13.9 Å². The quantitative estimate of drug-likeness (QED) is 0.512. The molecule has 1 aliphatic carbocycles. The minimum Gasteiger partial charge on any atom is -0.413 e. The Kier molecular flexibility index (Phi) is 6.16. The van der Waals surface area contributed by atoms with E-state index in [1.165, 1.54) is 36.3 Å². The van der Waals surface area contributed by atoms with Crippen molar-refractivity contribution in [2.45, 2.75) is 105 Å². The first-order valence-electron chi connectivity index (χ1n) is 12.5. The van der Waals surface area contributed by atoms with Gasteiger partial charge in [0.25, 0.3) is 0 Å². The Balaban J connectivity index is 1.50. The topological polar surface area (TPSA) is 32.7 Å². The highest BCUT2D eigenvalue weighted by molar-refractivity contribution is 8.18. The van der Waals surface area contributed by atoms with Gasteiger partial charge in [-0.05, 0) is 67.3 Å². The lowest BCUT2D eigenvalue weighted by Crippen LogP contribution is -2.63. The molecule has 3 aliphatic heterocycles. The van der Waals surface area contributed by atoms with Gasteiger partial charge in [0.15, 0.2) is 8.32 Å². The summed E-state index contributed by atoms with van der Waals surface area (Å²) in [7, 11) is -1.93. The molecule has 0 aromatic heterocycles. The van der Waals surface area contributed by atoms with Crippen LogP contribution in [0.2, 0.25) is 18.1 Å².